The van der Waals surface area contributed by atoms with Gasteiger partial charge < -0.3 is 39.9 Å². The summed E-state index contributed by atoms with van der Waals surface area (Å²) in [5, 5.41) is 5.43. The predicted molar refractivity (Wildman–Crippen MR) is 237 cm³/mol. The molecule has 0 radical (unpaired) electrons. The van der Waals surface area contributed by atoms with E-state index in [4.69, 9.17) is 19.4 Å². The Morgan fingerprint density at radius 3 is 2.05 bits per heavy atom. The Kier molecular flexibility index (Phi) is 10.3. The van der Waals surface area contributed by atoms with Gasteiger partial charge in [0.15, 0.2) is 0 Å². The number of nitrogens with zero attached hydrogens (tertiary/aromatic N) is 4. The molecule has 2 aromatic heterocycles. The molecule has 2 saturated heterocycles. The van der Waals surface area contributed by atoms with Crippen LogP contribution in [-0.4, -0.2) is 92.6 Å². The Bertz CT molecular complexity index is 2740. The summed E-state index contributed by atoms with van der Waals surface area (Å²) in [4.78, 5) is 72.6. The van der Waals surface area contributed by atoms with Crippen LogP contribution in [0, 0.1) is 23.2 Å². The highest BCUT2D eigenvalue weighted by molar-refractivity contribution is 5.89. The summed E-state index contributed by atoms with van der Waals surface area (Å²) in [5.41, 5.74) is 4.68. The van der Waals surface area contributed by atoms with Crippen LogP contribution in [0.1, 0.15) is 101 Å². The molecule has 340 valence electrons. The first-order chi connectivity index (χ1) is 31.1. The Labute approximate surface area is 375 Å². The van der Waals surface area contributed by atoms with Crippen molar-refractivity contribution in [3.63, 3.8) is 0 Å². The van der Waals surface area contributed by atoms with E-state index in [1.807, 2.05) is 62.9 Å². The zero-order valence-corrected chi connectivity index (χ0v) is 37.3. The Morgan fingerprint density at radius 2 is 1.40 bits per heavy atom. The SMILES string of the molecule is COC(=O)N[C@H](C(=O)N1CC2(CC2)C[C@H]1c1ncc(-c2ccc3c(c2)C(F)(F)c2cc(-c4ccc5nc(C6[C@@H]7CC[C@H](C7)N6C(=O)[C@@H](NC(=O)OC)C(C)C)[nH]c5c4)ccc2-3)[nH]1)C(C)C. The second kappa shape index (κ2) is 15.7. The molecule has 3 aliphatic carbocycles. The van der Waals surface area contributed by atoms with E-state index >= 15 is 8.78 Å². The van der Waals surface area contributed by atoms with Crippen LogP contribution >= 0.6 is 0 Å². The number of hydrogen-bond donors (Lipinski definition) is 4. The minimum atomic E-state index is -3.29. The van der Waals surface area contributed by atoms with Crippen LogP contribution < -0.4 is 10.6 Å². The van der Waals surface area contributed by atoms with Crippen molar-refractivity contribution in [2.45, 2.75) is 102 Å². The fraction of sp³-hybridized carbons (Fsp3) is 0.469. The van der Waals surface area contributed by atoms with Gasteiger partial charge in [-0.1, -0.05) is 58.0 Å². The average Bonchev–Trinajstić information content (AvgIpc) is 3.95. The molecule has 14 nitrogen and oxygen atoms in total. The molecule has 16 heteroatoms. The number of rotatable bonds is 10. The molecule has 3 aromatic carbocycles. The first kappa shape index (κ1) is 42.6. The third-order valence-electron chi connectivity index (χ3n) is 14.7. The van der Waals surface area contributed by atoms with Crippen molar-refractivity contribution in [2.24, 2.45) is 23.2 Å². The fourth-order valence-corrected chi connectivity index (χ4v) is 11.0. The molecule has 2 aliphatic heterocycles. The lowest BCUT2D eigenvalue weighted by Crippen LogP contribution is -2.54. The van der Waals surface area contributed by atoms with Gasteiger partial charge in [0.2, 0.25) is 11.8 Å². The number of fused-ring (bicyclic) bond motifs is 6. The fourth-order valence-electron chi connectivity index (χ4n) is 11.0. The number of methoxy groups -OCH3 is 2. The maximum absolute atomic E-state index is 16.7. The second-order valence-corrected chi connectivity index (χ2v) is 19.4. The molecule has 10 rings (SSSR count). The first-order valence-corrected chi connectivity index (χ1v) is 22.6. The molecule has 4 amide bonds. The summed E-state index contributed by atoms with van der Waals surface area (Å²) in [6.07, 6.45) is 5.75. The molecule has 1 unspecified atom stereocenters. The van der Waals surface area contributed by atoms with Gasteiger partial charge in [0.05, 0.1) is 49.2 Å². The molecular weight excluding hydrogens is 835 g/mol. The summed E-state index contributed by atoms with van der Waals surface area (Å²) >= 11 is 0. The highest BCUT2D eigenvalue weighted by atomic mass is 19.3. The van der Waals surface area contributed by atoms with Crippen molar-refractivity contribution in [3.8, 4) is 33.5 Å². The number of halogens is 2. The number of carbonyl (C=O) groups excluding carboxylic acids is 4. The minimum Gasteiger partial charge on any atom is -0.453 e. The quantitative estimate of drug-likeness (QED) is 0.108. The number of alkyl carbamates (subject to hydrolysis) is 2. The van der Waals surface area contributed by atoms with Crippen molar-refractivity contribution < 1.29 is 37.4 Å². The highest BCUT2D eigenvalue weighted by Crippen LogP contribution is 2.59. The zero-order valence-electron chi connectivity index (χ0n) is 37.3. The van der Waals surface area contributed by atoms with E-state index in [0.29, 0.717) is 51.7 Å². The van der Waals surface area contributed by atoms with Crippen LogP contribution in [0.4, 0.5) is 18.4 Å². The predicted octanol–water partition coefficient (Wildman–Crippen LogP) is 8.61. The lowest BCUT2D eigenvalue weighted by molar-refractivity contribution is -0.139. The molecule has 65 heavy (non-hydrogen) atoms. The molecule has 2 bridgehead atoms. The molecule has 6 atom stereocenters. The minimum absolute atomic E-state index is 0.0102. The van der Waals surface area contributed by atoms with Crippen LogP contribution in [0.2, 0.25) is 0 Å². The van der Waals surface area contributed by atoms with Crippen LogP contribution in [0.3, 0.4) is 0 Å². The summed E-state index contributed by atoms with van der Waals surface area (Å²) < 4.78 is 43.0. The lowest BCUT2D eigenvalue weighted by atomic mass is 9.95. The first-order valence-electron chi connectivity index (χ1n) is 22.6. The number of imidazole rings is 2. The second-order valence-electron chi connectivity index (χ2n) is 19.4. The largest absolute Gasteiger partial charge is 0.453 e. The van der Waals surface area contributed by atoms with Crippen molar-refractivity contribution in [3.05, 3.63) is 83.6 Å². The summed E-state index contributed by atoms with van der Waals surface area (Å²) in [6.45, 7) is 8.09. The maximum Gasteiger partial charge on any atom is 0.407 e. The van der Waals surface area contributed by atoms with Gasteiger partial charge in [-0.25, -0.2) is 19.6 Å². The van der Waals surface area contributed by atoms with Gasteiger partial charge in [-0.15, -0.1) is 0 Å². The number of piperidine rings is 1. The van der Waals surface area contributed by atoms with Gasteiger partial charge in [0.25, 0.3) is 5.92 Å². The number of aromatic nitrogens is 4. The summed E-state index contributed by atoms with van der Waals surface area (Å²) in [5.74, 6) is -2.53. The molecule has 4 N–H and O–H groups in total. The van der Waals surface area contributed by atoms with Crippen molar-refractivity contribution in [2.75, 3.05) is 20.8 Å². The number of H-pyrrole nitrogens is 2. The number of carbonyl (C=O) groups is 4. The molecule has 5 aliphatic rings. The number of nitrogens with one attached hydrogen (secondary N) is 4. The van der Waals surface area contributed by atoms with E-state index in [2.05, 4.69) is 20.6 Å². The summed E-state index contributed by atoms with van der Waals surface area (Å²) in [7, 11) is 2.54. The third kappa shape index (κ3) is 7.19. The Balaban J connectivity index is 0.896. The number of amides is 4. The maximum atomic E-state index is 16.7. The molecule has 1 spiro atoms. The van der Waals surface area contributed by atoms with Gasteiger partial charge in [-0.05, 0) is 108 Å². The van der Waals surface area contributed by atoms with Crippen molar-refractivity contribution in [1.29, 1.82) is 0 Å². The smallest absolute Gasteiger partial charge is 0.407 e. The molecule has 4 heterocycles. The number of aromatic amines is 2. The Morgan fingerprint density at radius 1 is 0.785 bits per heavy atom. The van der Waals surface area contributed by atoms with Gasteiger partial charge in [-0.2, -0.15) is 8.78 Å². The molecule has 5 aromatic rings. The third-order valence-corrected chi connectivity index (χ3v) is 14.7. The van der Waals surface area contributed by atoms with Gasteiger partial charge >= 0.3 is 12.2 Å². The normalized spacial score (nSPS) is 22.9. The average molecular weight is 889 g/mol. The van der Waals surface area contributed by atoms with Crippen LogP contribution in [-0.2, 0) is 25.0 Å². The Hall–Kier alpha value is -6.32. The zero-order chi connectivity index (χ0) is 45.7. The molecule has 4 fully saturated rings. The molecular formula is C49H54F2N8O6. The van der Waals surface area contributed by atoms with E-state index in [-0.39, 0.29) is 64.2 Å². The van der Waals surface area contributed by atoms with Gasteiger partial charge in [0.1, 0.15) is 23.7 Å². The number of likely N-dealkylation sites (tertiary alicyclic amines) is 2. The van der Waals surface area contributed by atoms with Crippen molar-refractivity contribution >= 4 is 35.0 Å². The van der Waals surface area contributed by atoms with E-state index in [0.717, 1.165) is 49.6 Å². The topological polar surface area (TPSA) is 175 Å². The number of benzene rings is 3. The molecule has 2 saturated carbocycles. The monoisotopic (exact) mass is 888 g/mol. The van der Waals surface area contributed by atoms with Crippen LogP contribution in [0.15, 0.2) is 60.8 Å². The number of alkyl halides is 2. The van der Waals surface area contributed by atoms with Gasteiger partial charge in [-0.3, -0.25) is 9.59 Å². The summed E-state index contributed by atoms with van der Waals surface area (Å²) in [6, 6.07) is 13.8. The van der Waals surface area contributed by atoms with Crippen molar-refractivity contribution in [1.82, 2.24) is 40.4 Å². The van der Waals surface area contributed by atoms with Crippen LogP contribution in [0.25, 0.3) is 44.5 Å². The number of ether oxygens (including phenoxy) is 2. The van der Waals surface area contributed by atoms with E-state index in [1.165, 1.54) is 20.3 Å². The van der Waals surface area contributed by atoms with Crippen LogP contribution in [0.5, 0.6) is 0 Å². The van der Waals surface area contributed by atoms with E-state index < -0.39 is 30.2 Å². The van der Waals surface area contributed by atoms with E-state index in [1.54, 1.807) is 29.3 Å². The number of hydrogen-bond acceptors (Lipinski definition) is 8. The standard InChI is InChI=1S/C49H54F2N8O6/c1-24(2)39(56-46(62)64-5)44(60)58-23-48(15-16-48)21-38(58)42-52-22-37(55-42)28-9-13-32-31-12-8-26(18-33(31)49(50,51)34(32)19-28)27-10-14-35-36(20-27)54-43(53-35)41-29-7-11-30(17-29)59(41)45(61)40(25(3)4)57-47(63)65-6/h8-10,12-14,18-20,22,24-25,29-30,38-41H,7,11,15-17,21,23H2,1-6H3,(H,52,55)(H,53,54)(H,56,62)(H,57,63)/t29-,30-,38+,39+,40+,41?/m1/s1. The van der Waals surface area contributed by atoms with E-state index in [9.17, 15) is 19.2 Å². The highest BCUT2D eigenvalue weighted by Gasteiger charge is 2.56. The van der Waals surface area contributed by atoms with Gasteiger partial charge in [0, 0.05) is 29.3 Å². The lowest BCUT2D eigenvalue weighted by Gasteiger charge is -2.37.